The van der Waals surface area contributed by atoms with Gasteiger partial charge in [-0.3, -0.25) is 4.40 Å². The van der Waals surface area contributed by atoms with E-state index in [9.17, 15) is 5.11 Å². The van der Waals surface area contributed by atoms with E-state index in [0.717, 1.165) is 11.1 Å². The van der Waals surface area contributed by atoms with Crippen LogP contribution in [0.5, 0.6) is 5.75 Å². The molecule has 7 heteroatoms. The summed E-state index contributed by atoms with van der Waals surface area (Å²) in [6.45, 7) is 2.64. The number of aryl methyl sites for hydroxylation is 1. The minimum Gasteiger partial charge on any atom is -0.479 e. The van der Waals surface area contributed by atoms with Gasteiger partial charge >= 0.3 is 0 Å². The summed E-state index contributed by atoms with van der Waals surface area (Å²) in [5, 5.41) is 11.6. The van der Waals surface area contributed by atoms with Crippen LogP contribution >= 0.6 is 11.6 Å². The van der Waals surface area contributed by atoms with Crippen molar-refractivity contribution >= 4 is 17.2 Å². The molecular weight excluding hydrogens is 368 g/mol. The summed E-state index contributed by atoms with van der Waals surface area (Å²) in [5.41, 5.74) is 2.95. The molecule has 0 spiro atoms. The smallest absolute Gasteiger partial charge is 0.181 e. The molecule has 0 bridgehead atoms. The largest absolute Gasteiger partial charge is 0.479 e. The van der Waals surface area contributed by atoms with Crippen LogP contribution < -0.4 is 4.74 Å². The van der Waals surface area contributed by atoms with Crippen LogP contribution in [0.25, 0.3) is 5.65 Å². The summed E-state index contributed by atoms with van der Waals surface area (Å²) in [4.78, 5) is 4.55. The fraction of sp³-hybridized carbons (Fsp3) is 0.350. The average Bonchev–Trinajstić information content (AvgIpc) is 2.98. The van der Waals surface area contributed by atoms with Crippen molar-refractivity contribution in [1.29, 1.82) is 0 Å². The number of aromatic nitrogens is 2. The van der Waals surface area contributed by atoms with Crippen LogP contribution in [0.1, 0.15) is 29.0 Å². The molecule has 0 saturated heterocycles. The first-order valence-electron chi connectivity index (χ1n) is 8.79. The number of benzene rings is 1. The molecule has 0 aliphatic carbocycles. The number of aliphatic hydroxyl groups is 1. The predicted molar refractivity (Wildman–Crippen MR) is 101 cm³/mol. The third kappa shape index (κ3) is 3.19. The van der Waals surface area contributed by atoms with Gasteiger partial charge in [0.1, 0.15) is 17.4 Å². The zero-order chi connectivity index (χ0) is 19.0. The van der Waals surface area contributed by atoms with Crippen LogP contribution in [-0.2, 0) is 9.47 Å². The zero-order valence-electron chi connectivity index (χ0n) is 15.1. The summed E-state index contributed by atoms with van der Waals surface area (Å²) < 4.78 is 19.1. The first-order valence-corrected chi connectivity index (χ1v) is 9.17. The van der Waals surface area contributed by atoms with E-state index in [1.165, 1.54) is 0 Å². The number of fused-ring (bicyclic) bond motifs is 3. The van der Waals surface area contributed by atoms with Gasteiger partial charge in [0.2, 0.25) is 0 Å². The highest BCUT2D eigenvalue weighted by atomic mass is 35.5. The number of hydrogen-bond acceptors (Lipinski definition) is 5. The molecule has 0 radical (unpaired) electrons. The first kappa shape index (κ1) is 18.3. The normalized spacial score (nSPS) is 21.9. The fourth-order valence-electron chi connectivity index (χ4n) is 3.42. The lowest BCUT2D eigenvalue weighted by molar-refractivity contribution is -0.108. The molecule has 4 rings (SSSR count). The van der Waals surface area contributed by atoms with Crippen molar-refractivity contribution in [3.63, 3.8) is 0 Å². The summed E-state index contributed by atoms with van der Waals surface area (Å²) in [5.74, 6) is 0.578. The quantitative estimate of drug-likeness (QED) is 0.678. The van der Waals surface area contributed by atoms with Crippen molar-refractivity contribution in [1.82, 2.24) is 9.38 Å². The van der Waals surface area contributed by atoms with E-state index in [2.05, 4.69) is 4.98 Å². The highest BCUT2D eigenvalue weighted by molar-refractivity contribution is 6.30. The fourth-order valence-corrected chi connectivity index (χ4v) is 3.60. The average molecular weight is 389 g/mol. The van der Waals surface area contributed by atoms with Gasteiger partial charge < -0.3 is 19.3 Å². The minimum absolute atomic E-state index is 0.360. The molecule has 27 heavy (non-hydrogen) atoms. The number of hydrogen-bond donors (Lipinski definition) is 1. The van der Waals surface area contributed by atoms with Crippen LogP contribution in [0.3, 0.4) is 0 Å². The Bertz CT molecular complexity index is 944. The van der Waals surface area contributed by atoms with Crippen LogP contribution in [0.4, 0.5) is 0 Å². The van der Waals surface area contributed by atoms with Gasteiger partial charge in [0.15, 0.2) is 17.5 Å². The Morgan fingerprint density at radius 1 is 1.22 bits per heavy atom. The second kappa shape index (κ2) is 7.48. The lowest BCUT2D eigenvalue weighted by Crippen LogP contribution is -2.36. The maximum absolute atomic E-state index is 11.0. The highest BCUT2D eigenvalue weighted by Crippen LogP contribution is 2.45. The standard InChI is InChI=1S/C20H21ClN2O4/c1-12-19(21)23-9-8-14-17(26-11-10-25-2)15(24)16(13-6-4-3-5-7-13)27-18(14)20(23)22-12/h3-9,15-17,24H,10-11H2,1-2H3/t15-,16-,17-/m1/s1. The molecule has 0 unspecified atom stereocenters. The van der Waals surface area contributed by atoms with Crippen LogP contribution in [-0.4, -0.2) is 40.9 Å². The Balaban J connectivity index is 1.82. The molecule has 1 N–H and O–H groups in total. The van der Waals surface area contributed by atoms with E-state index >= 15 is 0 Å². The molecular formula is C20H21ClN2O4. The number of aliphatic hydroxyl groups excluding tert-OH is 1. The molecule has 0 amide bonds. The Morgan fingerprint density at radius 3 is 2.74 bits per heavy atom. The van der Waals surface area contributed by atoms with Crippen molar-refractivity contribution in [2.75, 3.05) is 20.3 Å². The van der Waals surface area contributed by atoms with Crippen molar-refractivity contribution in [3.05, 3.63) is 64.6 Å². The van der Waals surface area contributed by atoms with Gasteiger partial charge in [0.25, 0.3) is 0 Å². The van der Waals surface area contributed by atoms with Gasteiger partial charge in [-0.25, -0.2) is 4.98 Å². The van der Waals surface area contributed by atoms with Crippen molar-refractivity contribution in [2.24, 2.45) is 0 Å². The van der Waals surface area contributed by atoms with E-state index < -0.39 is 18.3 Å². The maximum Gasteiger partial charge on any atom is 0.181 e. The number of imidazole rings is 1. The number of methoxy groups -OCH3 is 1. The molecule has 6 nitrogen and oxygen atoms in total. The Kier molecular flexibility index (Phi) is 5.06. The third-order valence-corrected chi connectivity index (χ3v) is 5.22. The topological polar surface area (TPSA) is 65.2 Å². The summed E-state index contributed by atoms with van der Waals surface area (Å²) >= 11 is 6.35. The van der Waals surface area contributed by atoms with E-state index in [0.29, 0.717) is 35.5 Å². The molecule has 2 aromatic heterocycles. The van der Waals surface area contributed by atoms with E-state index in [1.54, 1.807) is 11.5 Å². The third-order valence-electron chi connectivity index (χ3n) is 4.76. The van der Waals surface area contributed by atoms with Gasteiger partial charge in [-0.2, -0.15) is 0 Å². The lowest BCUT2D eigenvalue weighted by Gasteiger charge is -2.36. The first-order chi connectivity index (χ1) is 13.1. The van der Waals surface area contributed by atoms with Crippen LogP contribution in [0, 0.1) is 6.92 Å². The zero-order valence-corrected chi connectivity index (χ0v) is 15.9. The Hall–Kier alpha value is -2.12. The second-order valence-corrected chi connectivity index (χ2v) is 6.86. The molecule has 1 aliphatic heterocycles. The highest BCUT2D eigenvalue weighted by Gasteiger charge is 2.40. The van der Waals surface area contributed by atoms with E-state index in [1.807, 2.05) is 49.5 Å². The molecule has 142 valence electrons. The second-order valence-electron chi connectivity index (χ2n) is 6.51. The maximum atomic E-state index is 11.0. The van der Waals surface area contributed by atoms with E-state index in [4.69, 9.17) is 25.8 Å². The van der Waals surface area contributed by atoms with Gasteiger partial charge in [0.05, 0.1) is 18.9 Å². The van der Waals surface area contributed by atoms with Gasteiger partial charge in [-0.15, -0.1) is 0 Å². The van der Waals surface area contributed by atoms with Crippen molar-refractivity contribution < 1.29 is 19.3 Å². The number of pyridine rings is 1. The van der Waals surface area contributed by atoms with Crippen molar-refractivity contribution in [3.8, 4) is 5.75 Å². The van der Waals surface area contributed by atoms with Crippen molar-refractivity contribution in [2.45, 2.75) is 25.2 Å². The molecule has 0 fully saturated rings. The molecule has 0 saturated carbocycles. The summed E-state index contributed by atoms with van der Waals surface area (Å²) in [7, 11) is 1.61. The SMILES string of the molecule is COCCO[C@@H]1c2ccn3c(Cl)c(C)nc3c2O[C@H](c2ccccc2)[C@H]1O. The van der Waals surface area contributed by atoms with Crippen LogP contribution in [0.15, 0.2) is 42.6 Å². The summed E-state index contributed by atoms with van der Waals surface area (Å²) in [6, 6.07) is 11.5. The van der Waals surface area contributed by atoms with E-state index in [-0.39, 0.29) is 0 Å². The molecule has 3 heterocycles. The van der Waals surface area contributed by atoms with Gasteiger partial charge in [0, 0.05) is 18.9 Å². The summed E-state index contributed by atoms with van der Waals surface area (Å²) in [6.07, 6.45) is -0.184. The molecule has 1 aromatic carbocycles. The van der Waals surface area contributed by atoms with Gasteiger partial charge in [-0.1, -0.05) is 41.9 Å². The Morgan fingerprint density at radius 2 is 2.00 bits per heavy atom. The molecule has 3 atom stereocenters. The number of halogens is 1. The lowest BCUT2D eigenvalue weighted by atomic mass is 9.92. The van der Waals surface area contributed by atoms with Gasteiger partial charge in [-0.05, 0) is 18.6 Å². The number of nitrogens with zero attached hydrogens (tertiary/aromatic N) is 2. The number of rotatable bonds is 5. The predicted octanol–water partition coefficient (Wildman–Crippen LogP) is 3.49. The molecule has 3 aromatic rings. The van der Waals surface area contributed by atoms with Crippen LogP contribution in [0.2, 0.25) is 5.15 Å². The number of ether oxygens (including phenoxy) is 3. The molecule has 1 aliphatic rings. The minimum atomic E-state index is -0.870. The Labute approximate surface area is 162 Å². The monoisotopic (exact) mass is 388 g/mol.